The molecule has 0 heterocycles. The van der Waals surface area contributed by atoms with Crippen LogP contribution in [-0.2, 0) is 0 Å². The molecule has 2 aromatic carbocycles. The minimum Gasteiger partial charge on any atom is -0.306 e. The number of halogens is 1. The molecule has 0 saturated heterocycles. The number of carbonyl (C=O) groups excluding carboxylic acids is 1. The van der Waals surface area contributed by atoms with Gasteiger partial charge in [-0.1, -0.05) is 41.9 Å². The molecule has 0 aliphatic carbocycles. The number of anilines is 1. The van der Waals surface area contributed by atoms with E-state index in [-0.39, 0.29) is 6.03 Å². The van der Waals surface area contributed by atoms with Gasteiger partial charge in [0.05, 0.1) is 6.21 Å². The van der Waals surface area contributed by atoms with Gasteiger partial charge in [0.25, 0.3) is 0 Å². The Morgan fingerprint density at radius 1 is 1.15 bits per heavy atom. The largest absolute Gasteiger partial charge is 0.341 e. The molecule has 0 fully saturated rings. The Hall–Kier alpha value is -2.33. The van der Waals surface area contributed by atoms with E-state index in [1.165, 1.54) is 5.01 Å². The lowest BCUT2D eigenvalue weighted by atomic mass is 10.2. The number of urea groups is 1. The van der Waals surface area contributed by atoms with Gasteiger partial charge >= 0.3 is 6.03 Å². The van der Waals surface area contributed by atoms with E-state index in [2.05, 4.69) is 10.4 Å². The third-order valence-corrected chi connectivity index (χ3v) is 2.82. The highest BCUT2D eigenvalue weighted by Crippen LogP contribution is 2.13. The summed E-state index contributed by atoms with van der Waals surface area (Å²) in [6, 6.07) is 16.1. The predicted octanol–water partition coefficient (Wildman–Crippen LogP) is 3.84. The second kappa shape index (κ2) is 6.73. The first-order valence-corrected chi connectivity index (χ1v) is 6.42. The quantitative estimate of drug-likeness (QED) is 0.676. The smallest absolute Gasteiger partial charge is 0.306 e. The zero-order valence-electron chi connectivity index (χ0n) is 11.0. The van der Waals surface area contributed by atoms with Crippen LogP contribution in [-0.4, -0.2) is 24.3 Å². The fourth-order valence-corrected chi connectivity index (χ4v) is 1.61. The topological polar surface area (TPSA) is 44.7 Å². The van der Waals surface area contributed by atoms with Crippen molar-refractivity contribution in [3.05, 3.63) is 65.2 Å². The van der Waals surface area contributed by atoms with Gasteiger partial charge in [-0.05, 0) is 29.8 Å². The zero-order chi connectivity index (χ0) is 14.4. The lowest BCUT2D eigenvalue weighted by Crippen LogP contribution is -2.26. The van der Waals surface area contributed by atoms with E-state index in [1.807, 2.05) is 30.3 Å². The van der Waals surface area contributed by atoms with Crippen molar-refractivity contribution in [2.75, 3.05) is 12.4 Å². The van der Waals surface area contributed by atoms with Crippen molar-refractivity contribution >= 4 is 29.5 Å². The SMILES string of the molecule is CN(N=Cc1ccccc1)C(=O)Nc1ccc(Cl)cc1. The fourth-order valence-electron chi connectivity index (χ4n) is 1.48. The number of nitrogens with zero attached hydrogens (tertiary/aromatic N) is 2. The molecule has 2 aromatic rings. The molecule has 2 rings (SSSR count). The zero-order valence-corrected chi connectivity index (χ0v) is 11.7. The first kappa shape index (κ1) is 14.1. The first-order chi connectivity index (χ1) is 9.65. The number of rotatable bonds is 3. The molecule has 0 spiro atoms. The molecule has 0 aliphatic rings. The lowest BCUT2D eigenvalue weighted by molar-refractivity contribution is 0.224. The Kier molecular flexibility index (Phi) is 4.74. The van der Waals surface area contributed by atoms with E-state index in [0.29, 0.717) is 10.7 Å². The molecule has 0 saturated carbocycles. The minimum absolute atomic E-state index is 0.320. The fraction of sp³-hybridized carbons (Fsp3) is 0.0667. The second-order valence-electron chi connectivity index (χ2n) is 4.12. The monoisotopic (exact) mass is 287 g/mol. The maximum atomic E-state index is 11.9. The maximum Gasteiger partial charge on any atom is 0.341 e. The predicted molar refractivity (Wildman–Crippen MR) is 82.3 cm³/mol. The second-order valence-corrected chi connectivity index (χ2v) is 4.55. The number of benzene rings is 2. The van der Waals surface area contributed by atoms with Crippen molar-refractivity contribution in [1.29, 1.82) is 0 Å². The van der Waals surface area contributed by atoms with Gasteiger partial charge in [0, 0.05) is 17.8 Å². The van der Waals surface area contributed by atoms with Crippen LogP contribution in [0.3, 0.4) is 0 Å². The number of hydrogen-bond acceptors (Lipinski definition) is 2. The van der Waals surface area contributed by atoms with Crippen molar-refractivity contribution in [1.82, 2.24) is 5.01 Å². The summed E-state index contributed by atoms with van der Waals surface area (Å²) >= 11 is 5.78. The van der Waals surface area contributed by atoms with E-state index < -0.39 is 0 Å². The van der Waals surface area contributed by atoms with Crippen molar-refractivity contribution in [2.45, 2.75) is 0 Å². The molecule has 0 unspecified atom stereocenters. The molecular weight excluding hydrogens is 274 g/mol. The molecule has 0 aliphatic heterocycles. The highest BCUT2D eigenvalue weighted by Gasteiger charge is 2.06. The Bertz CT molecular complexity index is 596. The Balaban J connectivity index is 1.95. The van der Waals surface area contributed by atoms with E-state index in [0.717, 1.165) is 5.56 Å². The van der Waals surface area contributed by atoms with Crippen LogP contribution in [0.2, 0.25) is 5.02 Å². The van der Waals surface area contributed by atoms with Crippen LogP contribution < -0.4 is 5.32 Å². The third-order valence-electron chi connectivity index (χ3n) is 2.57. The van der Waals surface area contributed by atoms with E-state index in [9.17, 15) is 4.79 Å². The molecule has 20 heavy (non-hydrogen) atoms. The van der Waals surface area contributed by atoms with Crippen LogP contribution in [0.25, 0.3) is 0 Å². The summed E-state index contributed by atoms with van der Waals surface area (Å²) in [5, 5.41) is 8.66. The van der Waals surface area contributed by atoms with Gasteiger partial charge in [-0.25, -0.2) is 9.80 Å². The molecular formula is C15H14ClN3O. The van der Waals surface area contributed by atoms with E-state index >= 15 is 0 Å². The average molecular weight is 288 g/mol. The van der Waals surface area contributed by atoms with Gasteiger partial charge in [0.15, 0.2) is 0 Å². The minimum atomic E-state index is -0.320. The number of hydrogen-bond donors (Lipinski definition) is 1. The van der Waals surface area contributed by atoms with Crippen molar-refractivity contribution < 1.29 is 4.79 Å². The number of nitrogens with one attached hydrogen (secondary N) is 1. The molecule has 4 nitrogen and oxygen atoms in total. The lowest BCUT2D eigenvalue weighted by Gasteiger charge is -2.12. The summed E-state index contributed by atoms with van der Waals surface area (Å²) in [5.41, 5.74) is 1.60. The van der Waals surface area contributed by atoms with Crippen molar-refractivity contribution in [3.63, 3.8) is 0 Å². The average Bonchev–Trinajstić information content (AvgIpc) is 2.48. The molecule has 0 bridgehead atoms. The summed E-state index contributed by atoms with van der Waals surface area (Å²) in [7, 11) is 1.59. The summed E-state index contributed by atoms with van der Waals surface area (Å²) in [4.78, 5) is 11.9. The highest BCUT2D eigenvalue weighted by atomic mass is 35.5. The third kappa shape index (κ3) is 4.10. The van der Waals surface area contributed by atoms with Crippen LogP contribution >= 0.6 is 11.6 Å². The van der Waals surface area contributed by atoms with Gasteiger partial charge in [-0.15, -0.1) is 0 Å². The van der Waals surface area contributed by atoms with Gasteiger partial charge in [0.2, 0.25) is 0 Å². The summed E-state index contributed by atoms with van der Waals surface area (Å²) < 4.78 is 0. The van der Waals surface area contributed by atoms with Crippen LogP contribution in [0, 0.1) is 0 Å². The van der Waals surface area contributed by atoms with Gasteiger partial charge in [0.1, 0.15) is 0 Å². The van der Waals surface area contributed by atoms with Crippen LogP contribution in [0.5, 0.6) is 0 Å². The van der Waals surface area contributed by atoms with E-state index in [4.69, 9.17) is 11.6 Å². The van der Waals surface area contributed by atoms with Gasteiger partial charge < -0.3 is 5.32 Å². The van der Waals surface area contributed by atoms with Gasteiger partial charge in [-0.2, -0.15) is 5.10 Å². The summed E-state index contributed by atoms with van der Waals surface area (Å²) in [6.07, 6.45) is 1.63. The standard InChI is InChI=1S/C15H14ClN3O/c1-19(17-11-12-5-3-2-4-6-12)15(20)18-14-9-7-13(16)8-10-14/h2-11H,1H3,(H,18,20). The first-order valence-electron chi connectivity index (χ1n) is 6.04. The molecule has 0 aromatic heterocycles. The van der Waals surface area contributed by atoms with Crippen LogP contribution in [0.1, 0.15) is 5.56 Å². The van der Waals surface area contributed by atoms with Gasteiger partial charge in [-0.3, -0.25) is 0 Å². The Morgan fingerprint density at radius 2 is 1.80 bits per heavy atom. The highest BCUT2D eigenvalue weighted by molar-refractivity contribution is 6.30. The van der Waals surface area contributed by atoms with Crippen LogP contribution in [0.4, 0.5) is 10.5 Å². The number of amides is 2. The molecule has 5 heteroatoms. The van der Waals surface area contributed by atoms with Crippen molar-refractivity contribution in [3.8, 4) is 0 Å². The molecule has 0 radical (unpaired) electrons. The maximum absolute atomic E-state index is 11.9. The molecule has 102 valence electrons. The van der Waals surface area contributed by atoms with Crippen molar-refractivity contribution in [2.24, 2.45) is 5.10 Å². The van der Waals surface area contributed by atoms with Crippen LogP contribution in [0.15, 0.2) is 59.7 Å². The normalized spacial score (nSPS) is 10.5. The molecule has 0 atom stereocenters. The molecule has 2 amide bonds. The summed E-state index contributed by atoms with van der Waals surface area (Å²) in [6.45, 7) is 0. The molecule has 1 N–H and O–H groups in total. The summed E-state index contributed by atoms with van der Waals surface area (Å²) in [5.74, 6) is 0. The van der Waals surface area contributed by atoms with E-state index in [1.54, 1.807) is 37.5 Å². The number of carbonyl (C=O) groups is 1. The number of hydrazone groups is 1. The Morgan fingerprint density at radius 3 is 2.45 bits per heavy atom. The Labute approximate surface area is 122 Å².